The van der Waals surface area contributed by atoms with Crippen molar-refractivity contribution < 1.29 is 4.79 Å². The third kappa shape index (κ3) is 3.16. The van der Waals surface area contributed by atoms with Crippen molar-refractivity contribution in [2.45, 2.75) is 45.6 Å². The molecular weight excluding hydrogens is 236 g/mol. The molecule has 0 bridgehead atoms. The molecule has 19 heavy (non-hydrogen) atoms. The second-order valence-corrected chi connectivity index (χ2v) is 5.88. The molecule has 3 N–H and O–H groups in total. The van der Waals surface area contributed by atoms with Gasteiger partial charge in [0.25, 0.3) is 0 Å². The maximum Gasteiger partial charge on any atom is 0.221 e. The van der Waals surface area contributed by atoms with Gasteiger partial charge in [0.1, 0.15) is 0 Å². The van der Waals surface area contributed by atoms with Gasteiger partial charge in [0.15, 0.2) is 0 Å². The summed E-state index contributed by atoms with van der Waals surface area (Å²) in [5.41, 5.74) is 8.28. The van der Waals surface area contributed by atoms with E-state index in [0.29, 0.717) is 13.0 Å². The van der Waals surface area contributed by atoms with E-state index in [1.165, 1.54) is 17.5 Å². The van der Waals surface area contributed by atoms with E-state index < -0.39 is 0 Å². The topological polar surface area (TPSA) is 55.1 Å². The van der Waals surface area contributed by atoms with Crippen LogP contribution in [0.4, 0.5) is 0 Å². The molecule has 3 nitrogen and oxygen atoms in total. The molecule has 1 aliphatic carbocycles. The van der Waals surface area contributed by atoms with Crippen LogP contribution in [0.2, 0.25) is 0 Å². The normalized spacial score (nSPS) is 18.5. The molecule has 1 saturated carbocycles. The third-order valence-electron chi connectivity index (χ3n) is 4.42. The van der Waals surface area contributed by atoms with Crippen LogP contribution in [0.25, 0.3) is 0 Å². The van der Waals surface area contributed by atoms with Crippen molar-refractivity contribution in [2.75, 3.05) is 6.54 Å². The average molecular weight is 260 g/mol. The Hall–Kier alpha value is -1.35. The molecule has 0 saturated heterocycles. The molecule has 1 aromatic rings. The molecule has 1 aromatic carbocycles. The third-order valence-corrected chi connectivity index (χ3v) is 4.42. The predicted octanol–water partition coefficient (Wildman–Crippen LogP) is 2.69. The highest BCUT2D eigenvalue weighted by atomic mass is 16.1. The van der Waals surface area contributed by atoms with Crippen molar-refractivity contribution in [1.82, 2.24) is 5.32 Å². The van der Waals surface area contributed by atoms with Crippen LogP contribution >= 0.6 is 0 Å². The highest BCUT2D eigenvalue weighted by molar-refractivity contribution is 5.77. The molecule has 0 unspecified atom stereocenters. The minimum Gasteiger partial charge on any atom is -0.350 e. The van der Waals surface area contributed by atoms with E-state index in [2.05, 4.69) is 24.4 Å². The van der Waals surface area contributed by atoms with E-state index in [0.717, 1.165) is 12.8 Å². The summed E-state index contributed by atoms with van der Waals surface area (Å²) in [4.78, 5) is 12.1. The summed E-state index contributed by atoms with van der Waals surface area (Å²) in [5, 5.41) is 3.10. The number of amides is 1. The van der Waals surface area contributed by atoms with E-state index >= 15 is 0 Å². The molecule has 1 aliphatic rings. The second-order valence-electron chi connectivity index (χ2n) is 5.88. The van der Waals surface area contributed by atoms with Crippen LogP contribution in [0.15, 0.2) is 24.3 Å². The summed E-state index contributed by atoms with van der Waals surface area (Å²) < 4.78 is 0. The Balaban J connectivity index is 1.94. The van der Waals surface area contributed by atoms with Gasteiger partial charge in [0, 0.05) is 6.42 Å². The maximum absolute atomic E-state index is 12.1. The smallest absolute Gasteiger partial charge is 0.221 e. The van der Waals surface area contributed by atoms with Crippen molar-refractivity contribution in [3.8, 4) is 0 Å². The van der Waals surface area contributed by atoms with Gasteiger partial charge >= 0.3 is 0 Å². The second kappa shape index (κ2) is 5.74. The number of hydrogen-bond acceptors (Lipinski definition) is 2. The molecule has 0 aromatic heterocycles. The Bertz CT molecular complexity index is 446. The van der Waals surface area contributed by atoms with Gasteiger partial charge < -0.3 is 11.1 Å². The van der Waals surface area contributed by atoms with Crippen molar-refractivity contribution in [2.24, 2.45) is 11.1 Å². The van der Waals surface area contributed by atoms with Crippen LogP contribution in [-0.2, 0) is 4.79 Å². The fraction of sp³-hybridized carbons (Fsp3) is 0.562. The van der Waals surface area contributed by atoms with Crippen molar-refractivity contribution >= 4 is 5.91 Å². The van der Waals surface area contributed by atoms with Crippen LogP contribution in [0, 0.1) is 12.3 Å². The summed E-state index contributed by atoms with van der Waals surface area (Å²) in [7, 11) is 0. The number of hydrogen-bond donors (Lipinski definition) is 2. The number of carbonyl (C=O) groups is 1. The molecule has 0 radical (unpaired) electrons. The first-order chi connectivity index (χ1) is 9.06. The van der Waals surface area contributed by atoms with E-state index in [1.54, 1.807) is 0 Å². The van der Waals surface area contributed by atoms with Gasteiger partial charge in [-0.05, 0) is 49.8 Å². The van der Waals surface area contributed by atoms with E-state index in [-0.39, 0.29) is 17.4 Å². The maximum atomic E-state index is 12.1. The Morgan fingerprint density at radius 3 is 2.63 bits per heavy atom. The fourth-order valence-corrected chi connectivity index (χ4v) is 2.91. The Labute approximate surface area is 115 Å². The fourth-order valence-electron chi connectivity index (χ4n) is 2.91. The van der Waals surface area contributed by atoms with Gasteiger partial charge in [-0.3, -0.25) is 4.79 Å². The first-order valence-corrected chi connectivity index (χ1v) is 7.11. The lowest BCUT2D eigenvalue weighted by Gasteiger charge is -2.40. The lowest BCUT2D eigenvalue weighted by atomic mass is 9.66. The number of rotatable bonds is 5. The highest BCUT2D eigenvalue weighted by Crippen LogP contribution is 2.42. The number of aryl methyl sites for hydroxylation is 1. The van der Waals surface area contributed by atoms with Crippen molar-refractivity contribution in [3.05, 3.63) is 35.4 Å². The zero-order valence-corrected chi connectivity index (χ0v) is 11.9. The number of nitrogens with one attached hydrogen (secondary N) is 1. The number of benzene rings is 1. The van der Waals surface area contributed by atoms with Crippen LogP contribution in [0.1, 0.15) is 49.8 Å². The summed E-state index contributed by atoms with van der Waals surface area (Å²) >= 11 is 0. The van der Waals surface area contributed by atoms with Crippen molar-refractivity contribution in [3.63, 3.8) is 0 Å². The summed E-state index contributed by atoms with van der Waals surface area (Å²) in [6.45, 7) is 4.74. The van der Waals surface area contributed by atoms with E-state index in [1.807, 2.05) is 19.1 Å². The highest BCUT2D eigenvalue weighted by Gasteiger charge is 2.37. The van der Waals surface area contributed by atoms with E-state index in [9.17, 15) is 4.79 Å². The number of nitrogens with two attached hydrogens (primary N) is 1. The Kier molecular flexibility index (Phi) is 4.25. The SMILES string of the molecule is Cc1ccccc1[C@H](C)NC(=O)CC1(CN)CCC1. The quantitative estimate of drug-likeness (QED) is 0.855. The minimum absolute atomic E-state index is 0.0589. The Morgan fingerprint density at radius 2 is 2.11 bits per heavy atom. The molecule has 0 heterocycles. The van der Waals surface area contributed by atoms with Gasteiger partial charge in [-0.1, -0.05) is 30.7 Å². The van der Waals surface area contributed by atoms with Crippen molar-refractivity contribution in [1.29, 1.82) is 0 Å². The Morgan fingerprint density at radius 1 is 1.42 bits per heavy atom. The van der Waals surface area contributed by atoms with Crippen LogP contribution in [0.3, 0.4) is 0 Å². The number of carbonyl (C=O) groups excluding carboxylic acids is 1. The van der Waals surface area contributed by atoms with Gasteiger partial charge in [-0.15, -0.1) is 0 Å². The zero-order chi connectivity index (χ0) is 13.9. The monoisotopic (exact) mass is 260 g/mol. The lowest BCUT2D eigenvalue weighted by Crippen LogP contribution is -2.42. The molecule has 1 fully saturated rings. The molecule has 2 rings (SSSR count). The van der Waals surface area contributed by atoms with E-state index in [4.69, 9.17) is 5.73 Å². The molecule has 104 valence electrons. The molecule has 1 atom stereocenters. The zero-order valence-electron chi connectivity index (χ0n) is 11.9. The summed E-state index contributed by atoms with van der Waals surface area (Å²) in [6, 6.07) is 8.24. The van der Waals surface area contributed by atoms with Gasteiger partial charge in [0.2, 0.25) is 5.91 Å². The first kappa shape index (κ1) is 14.1. The molecular formula is C16H24N2O. The average Bonchev–Trinajstić information content (AvgIpc) is 2.34. The van der Waals surface area contributed by atoms with Gasteiger partial charge in [0.05, 0.1) is 6.04 Å². The first-order valence-electron chi connectivity index (χ1n) is 7.11. The standard InChI is InChI=1S/C16H24N2O/c1-12-6-3-4-7-14(12)13(2)18-15(19)10-16(11-17)8-5-9-16/h3-4,6-7,13H,5,8-11,17H2,1-2H3,(H,18,19)/t13-/m0/s1. The predicted molar refractivity (Wildman–Crippen MR) is 77.7 cm³/mol. The minimum atomic E-state index is 0.0589. The molecule has 0 spiro atoms. The molecule has 0 aliphatic heterocycles. The van der Waals surface area contributed by atoms with Crippen LogP contribution < -0.4 is 11.1 Å². The largest absolute Gasteiger partial charge is 0.350 e. The summed E-state index contributed by atoms with van der Waals surface area (Å²) in [6.07, 6.45) is 3.96. The molecule has 1 amide bonds. The van der Waals surface area contributed by atoms with Crippen LogP contribution in [0.5, 0.6) is 0 Å². The summed E-state index contributed by atoms with van der Waals surface area (Å²) in [5.74, 6) is 0.126. The van der Waals surface area contributed by atoms with Gasteiger partial charge in [-0.2, -0.15) is 0 Å². The van der Waals surface area contributed by atoms with Crippen LogP contribution in [-0.4, -0.2) is 12.5 Å². The lowest BCUT2D eigenvalue weighted by molar-refractivity contribution is -0.125. The molecule has 3 heteroatoms. The van der Waals surface area contributed by atoms with Gasteiger partial charge in [-0.25, -0.2) is 0 Å².